The summed E-state index contributed by atoms with van der Waals surface area (Å²) in [5.41, 5.74) is 4.69. The maximum Gasteiger partial charge on any atom is 0.252 e. The summed E-state index contributed by atoms with van der Waals surface area (Å²) in [6, 6.07) is 17.2. The normalized spacial score (nSPS) is 11.0. The Morgan fingerprint density at radius 3 is 2.49 bits per heavy atom. The number of benzene rings is 2. The number of carbonyl (C=O) groups excluding carboxylic acids is 2. The molecule has 8 heteroatoms. The molecule has 2 N–H and O–H groups in total. The van der Waals surface area contributed by atoms with Gasteiger partial charge in [0.25, 0.3) is 5.91 Å². The molecule has 8 nitrogen and oxygen atoms in total. The van der Waals surface area contributed by atoms with Crippen LogP contribution in [0.4, 0.5) is 0 Å². The van der Waals surface area contributed by atoms with Crippen molar-refractivity contribution >= 4 is 22.8 Å². The number of aryl methyl sites for hydroxylation is 1. The van der Waals surface area contributed by atoms with Gasteiger partial charge < -0.3 is 15.4 Å². The van der Waals surface area contributed by atoms with Crippen LogP contribution in [-0.4, -0.2) is 40.2 Å². The second-order valence-electron chi connectivity index (χ2n) is 8.60. The lowest BCUT2D eigenvalue weighted by Gasteiger charge is -2.12. The van der Waals surface area contributed by atoms with Crippen LogP contribution in [-0.2, 0) is 11.3 Å². The Morgan fingerprint density at radius 1 is 1.06 bits per heavy atom. The molecule has 2 heterocycles. The van der Waals surface area contributed by atoms with E-state index in [2.05, 4.69) is 15.7 Å². The number of hydrogen-bond acceptors (Lipinski definition) is 5. The van der Waals surface area contributed by atoms with E-state index in [1.54, 1.807) is 24.1 Å². The molecule has 2 aromatic heterocycles. The summed E-state index contributed by atoms with van der Waals surface area (Å²) in [6.45, 7) is 6.25. The monoisotopic (exact) mass is 471 g/mol. The summed E-state index contributed by atoms with van der Waals surface area (Å²) in [5.74, 6) is 0.119. The number of nitrogens with zero attached hydrogens (tertiary/aromatic N) is 3. The summed E-state index contributed by atoms with van der Waals surface area (Å²) in [4.78, 5) is 30.4. The molecule has 2 amide bonds. The van der Waals surface area contributed by atoms with Crippen LogP contribution < -0.4 is 15.4 Å². The first-order chi connectivity index (χ1) is 16.9. The number of pyridine rings is 1. The minimum Gasteiger partial charge on any atom is -0.497 e. The van der Waals surface area contributed by atoms with Crippen molar-refractivity contribution in [3.63, 3.8) is 0 Å². The molecule has 0 fully saturated rings. The Morgan fingerprint density at radius 2 is 1.80 bits per heavy atom. The summed E-state index contributed by atoms with van der Waals surface area (Å²) in [5, 5.41) is 10.7. The van der Waals surface area contributed by atoms with Gasteiger partial charge in [-0.3, -0.25) is 9.59 Å². The number of methoxy groups -OCH3 is 1. The van der Waals surface area contributed by atoms with Gasteiger partial charge >= 0.3 is 0 Å². The highest BCUT2D eigenvalue weighted by atomic mass is 16.5. The fourth-order valence-corrected chi connectivity index (χ4v) is 3.84. The summed E-state index contributed by atoms with van der Waals surface area (Å²) < 4.78 is 6.95. The molecular weight excluding hydrogens is 442 g/mol. The topological polar surface area (TPSA) is 98.1 Å². The predicted molar refractivity (Wildman–Crippen MR) is 135 cm³/mol. The van der Waals surface area contributed by atoms with Gasteiger partial charge in [-0.2, -0.15) is 5.10 Å². The van der Waals surface area contributed by atoms with Crippen LogP contribution in [0.5, 0.6) is 5.75 Å². The fraction of sp³-hybridized carbons (Fsp3) is 0.259. The Kier molecular flexibility index (Phi) is 7.10. The maximum absolute atomic E-state index is 13.2. The molecule has 0 aliphatic heterocycles. The summed E-state index contributed by atoms with van der Waals surface area (Å²) in [6.07, 6.45) is 1.66. The van der Waals surface area contributed by atoms with Crippen LogP contribution in [0.25, 0.3) is 22.3 Å². The average Bonchev–Trinajstić information content (AvgIpc) is 3.30. The van der Waals surface area contributed by atoms with Crippen LogP contribution in [0.3, 0.4) is 0 Å². The lowest BCUT2D eigenvalue weighted by atomic mass is 10.0. The minimum absolute atomic E-state index is 0.0757. The molecule has 0 atom stereocenters. The number of nitrogens with one attached hydrogen (secondary N) is 2. The van der Waals surface area contributed by atoms with Crippen molar-refractivity contribution in [2.45, 2.75) is 33.4 Å². The molecular formula is C27H29N5O3. The van der Waals surface area contributed by atoms with Crippen molar-refractivity contribution in [1.82, 2.24) is 25.4 Å². The third-order valence-electron chi connectivity index (χ3n) is 5.78. The van der Waals surface area contributed by atoms with Crippen molar-refractivity contribution in [3.8, 4) is 17.0 Å². The van der Waals surface area contributed by atoms with Crippen molar-refractivity contribution in [2.24, 2.45) is 0 Å². The van der Waals surface area contributed by atoms with Crippen LogP contribution in [0.1, 0.15) is 41.4 Å². The quantitative estimate of drug-likeness (QED) is 0.404. The number of carbonyl (C=O) groups is 2. The highest BCUT2D eigenvalue weighted by molar-refractivity contribution is 6.07. The highest BCUT2D eigenvalue weighted by Crippen LogP contribution is 2.28. The first-order valence-corrected chi connectivity index (χ1v) is 11.5. The van der Waals surface area contributed by atoms with E-state index in [4.69, 9.17) is 9.72 Å². The van der Waals surface area contributed by atoms with E-state index in [-0.39, 0.29) is 24.4 Å². The zero-order chi connectivity index (χ0) is 24.9. The Bertz CT molecular complexity index is 1360. The molecule has 0 aliphatic rings. The van der Waals surface area contributed by atoms with Crippen LogP contribution >= 0.6 is 0 Å². The average molecular weight is 472 g/mol. The number of ether oxygens (including phenoxy) is 1. The van der Waals surface area contributed by atoms with Crippen LogP contribution in [0, 0.1) is 6.92 Å². The Hall–Kier alpha value is -4.20. The van der Waals surface area contributed by atoms with E-state index in [0.29, 0.717) is 28.8 Å². The largest absolute Gasteiger partial charge is 0.497 e. The third kappa shape index (κ3) is 5.32. The molecule has 4 aromatic rings. The molecule has 35 heavy (non-hydrogen) atoms. The Labute approximate surface area is 204 Å². The van der Waals surface area contributed by atoms with Gasteiger partial charge in [-0.05, 0) is 50.1 Å². The molecule has 2 aromatic carbocycles. The SMILES string of the molecule is COc1ccc(CNC(=O)CNC(=O)c2cc(-c3ccccc3C)nc3c2cnn3C(C)C)cc1. The van der Waals surface area contributed by atoms with E-state index in [0.717, 1.165) is 22.4 Å². The highest BCUT2D eigenvalue weighted by Gasteiger charge is 2.19. The standard InChI is InChI=1S/C27H29N5O3/c1-17(2)32-26-23(15-30-32)22(13-24(31-26)21-8-6-5-7-18(21)3)27(34)29-16-25(33)28-14-19-9-11-20(35-4)12-10-19/h5-13,15,17H,14,16H2,1-4H3,(H,28,33)(H,29,34). The molecule has 0 unspecified atom stereocenters. The van der Waals surface area contributed by atoms with Gasteiger partial charge in [-0.25, -0.2) is 9.67 Å². The molecule has 0 saturated heterocycles. The summed E-state index contributed by atoms with van der Waals surface area (Å²) >= 11 is 0. The molecule has 0 bridgehead atoms. The second-order valence-corrected chi connectivity index (χ2v) is 8.60. The van der Waals surface area contributed by atoms with E-state index in [1.807, 2.05) is 69.3 Å². The zero-order valence-corrected chi connectivity index (χ0v) is 20.3. The second kappa shape index (κ2) is 10.4. The Balaban J connectivity index is 1.53. The van der Waals surface area contributed by atoms with Gasteiger partial charge in [-0.1, -0.05) is 36.4 Å². The van der Waals surface area contributed by atoms with Gasteiger partial charge in [0.15, 0.2) is 5.65 Å². The number of hydrogen-bond donors (Lipinski definition) is 2. The van der Waals surface area contributed by atoms with Crippen molar-refractivity contribution in [2.75, 3.05) is 13.7 Å². The fourth-order valence-electron chi connectivity index (χ4n) is 3.84. The van der Waals surface area contributed by atoms with E-state index in [9.17, 15) is 9.59 Å². The number of aromatic nitrogens is 3. The van der Waals surface area contributed by atoms with Gasteiger partial charge in [0.1, 0.15) is 5.75 Å². The van der Waals surface area contributed by atoms with Gasteiger partial charge in [0.05, 0.1) is 36.5 Å². The first-order valence-electron chi connectivity index (χ1n) is 11.5. The van der Waals surface area contributed by atoms with Crippen molar-refractivity contribution < 1.29 is 14.3 Å². The molecule has 0 saturated carbocycles. The zero-order valence-electron chi connectivity index (χ0n) is 20.3. The van der Waals surface area contributed by atoms with Crippen LogP contribution in [0.15, 0.2) is 60.8 Å². The van der Waals surface area contributed by atoms with E-state index in [1.165, 1.54) is 0 Å². The summed E-state index contributed by atoms with van der Waals surface area (Å²) in [7, 11) is 1.60. The predicted octanol–water partition coefficient (Wildman–Crippen LogP) is 4.04. The minimum atomic E-state index is -0.352. The molecule has 4 rings (SSSR count). The van der Waals surface area contributed by atoms with E-state index >= 15 is 0 Å². The third-order valence-corrected chi connectivity index (χ3v) is 5.78. The number of fused-ring (bicyclic) bond motifs is 1. The lowest BCUT2D eigenvalue weighted by Crippen LogP contribution is -2.36. The molecule has 0 radical (unpaired) electrons. The number of rotatable bonds is 8. The van der Waals surface area contributed by atoms with Gasteiger partial charge in [0, 0.05) is 18.2 Å². The number of amides is 2. The maximum atomic E-state index is 13.2. The molecule has 0 aliphatic carbocycles. The van der Waals surface area contributed by atoms with Crippen molar-refractivity contribution in [1.29, 1.82) is 0 Å². The first kappa shape index (κ1) is 23.9. The van der Waals surface area contributed by atoms with Crippen molar-refractivity contribution in [3.05, 3.63) is 77.5 Å². The van der Waals surface area contributed by atoms with E-state index < -0.39 is 0 Å². The van der Waals surface area contributed by atoms with Crippen LogP contribution in [0.2, 0.25) is 0 Å². The van der Waals surface area contributed by atoms with Gasteiger partial charge in [0.2, 0.25) is 5.91 Å². The molecule has 180 valence electrons. The smallest absolute Gasteiger partial charge is 0.252 e. The molecule has 0 spiro atoms. The van der Waals surface area contributed by atoms with Gasteiger partial charge in [-0.15, -0.1) is 0 Å². The lowest BCUT2D eigenvalue weighted by molar-refractivity contribution is -0.120.